The largest absolute Gasteiger partial charge is 0.481 e. The molecule has 0 saturated carbocycles. The molecule has 0 spiro atoms. The molecule has 1 heterocycles. The Morgan fingerprint density at radius 2 is 2.00 bits per heavy atom. The second kappa shape index (κ2) is 5.92. The van der Waals surface area contributed by atoms with E-state index >= 15 is 0 Å². The number of carboxylic acid groups (broad SMARTS) is 1. The number of nitro benzene ring substituents is 1. The van der Waals surface area contributed by atoms with Crippen molar-refractivity contribution in [2.24, 2.45) is 0 Å². The number of rotatable bonds is 5. The molecule has 6 heteroatoms. The molecule has 116 valence electrons. The van der Waals surface area contributed by atoms with Gasteiger partial charge in [0.05, 0.1) is 11.3 Å². The number of carboxylic acids is 1. The van der Waals surface area contributed by atoms with Gasteiger partial charge in [-0.2, -0.15) is 0 Å². The van der Waals surface area contributed by atoms with Crippen LogP contribution in [-0.4, -0.2) is 21.0 Å². The molecule has 0 bridgehead atoms. The first-order valence-corrected chi connectivity index (χ1v) is 7.08. The summed E-state index contributed by atoms with van der Waals surface area (Å²) in [6, 6.07) is 13.7. The van der Waals surface area contributed by atoms with Gasteiger partial charge in [0.2, 0.25) is 0 Å². The maximum Gasteiger partial charge on any atom is 0.304 e. The smallest absolute Gasteiger partial charge is 0.304 e. The third-order valence-corrected chi connectivity index (χ3v) is 3.86. The summed E-state index contributed by atoms with van der Waals surface area (Å²) in [6.07, 6.45) is 1.64. The second-order valence-electron chi connectivity index (χ2n) is 5.29. The molecule has 3 aromatic rings. The zero-order chi connectivity index (χ0) is 16.4. The first-order valence-electron chi connectivity index (χ1n) is 7.08. The topological polar surface area (TPSA) is 96.2 Å². The summed E-state index contributed by atoms with van der Waals surface area (Å²) in [4.78, 5) is 24.9. The van der Waals surface area contributed by atoms with Crippen molar-refractivity contribution in [1.82, 2.24) is 4.98 Å². The van der Waals surface area contributed by atoms with E-state index in [1.165, 1.54) is 12.1 Å². The van der Waals surface area contributed by atoms with E-state index in [-0.39, 0.29) is 12.1 Å². The van der Waals surface area contributed by atoms with Crippen LogP contribution in [0.4, 0.5) is 5.69 Å². The highest BCUT2D eigenvalue weighted by atomic mass is 16.6. The Balaban J connectivity index is 2.13. The highest BCUT2D eigenvalue weighted by molar-refractivity contribution is 5.85. The fourth-order valence-electron chi connectivity index (χ4n) is 2.82. The van der Waals surface area contributed by atoms with Gasteiger partial charge in [0.15, 0.2) is 0 Å². The van der Waals surface area contributed by atoms with Gasteiger partial charge in [-0.3, -0.25) is 14.9 Å². The number of non-ortho nitro benzene ring substituents is 1. The fraction of sp³-hybridized carbons (Fsp3) is 0.118. The number of nitro groups is 1. The van der Waals surface area contributed by atoms with E-state index in [4.69, 9.17) is 0 Å². The zero-order valence-corrected chi connectivity index (χ0v) is 12.1. The van der Waals surface area contributed by atoms with E-state index in [1.54, 1.807) is 18.3 Å². The van der Waals surface area contributed by atoms with Gasteiger partial charge in [-0.15, -0.1) is 0 Å². The molecule has 1 aromatic heterocycles. The van der Waals surface area contributed by atoms with Crippen molar-refractivity contribution >= 4 is 22.6 Å². The number of aromatic amines is 1. The number of nitrogens with zero attached hydrogens (tertiary/aromatic N) is 1. The van der Waals surface area contributed by atoms with Crippen LogP contribution < -0.4 is 0 Å². The van der Waals surface area contributed by atoms with Gasteiger partial charge in [-0.05, 0) is 17.2 Å². The van der Waals surface area contributed by atoms with Crippen LogP contribution in [0.5, 0.6) is 0 Å². The van der Waals surface area contributed by atoms with E-state index < -0.39 is 16.8 Å². The van der Waals surface area contributed by atoms with Gasteiger partial charge in [-0.25, -0.2) is 0 Å². The number of nitrogens with one attached hydrogen (secondary N) is 1. The van der Waals surface area contributed by atoms with Gasteiger partial charge in [0.1, 0.15) is 0 Å². The molecule has 1 atom stereocenters. The standard InChI is InChI=1S/C17H14N2O4/c20-17(21)9-14(11-4-3-5-12(8-11)19(22)23)15-10-18-16-7-2-1-6-13(15)16/h1-8,10,14,18H,9H2,(H,20,21)/t14-/m1/s1. The Bertz CT molecular complexity index is 885. The first kappa shape index (κ1) is 14.8. The van der Waals surface area contributed by atoms with Crippen LogP contribution in [0.3, 0.4) is 0 Å². The van der Waals surface area contributed by atoms with E-state index in [0.29, 0.717) is 5.56 Å². The average Bonchev–Trinajstić information content (AvgIpc) is 2.96. The monoisotopic (exact) mass is 310 g/mol. The Morgan fingerprint density at radius 1 is 1.22 bits per heavy atom. The third kappa shape index (κ3) is 2.91. The number of para-hydroxylation sites is 1. The number of H-pyrrole nitrogens is 1. The van der Waals surface area contributed by atoms with Crippen LogP contribution in [0.2, 0.25) is 0 Å². The summed E-state index contributed by atoms with van der Waals surface area (Å²) in [5.41, 5.74) is 2.30. The minimum Gasteiger partial charge on any atom is -0.481 e. The summed E-state index contributed by atoms with van der Waals surface area (Å²) in [5.74, 6) is -1.41. The number of hydrogen-bond donors (Lipinski definition) is 2. The lowest BCUT2D eigenvalue weighted by Crippen LogP contribution is -2.08. The van der Waals surface area contributed by atoms with Crippen LogP contribution in [0.15, 0.2) is 54.7 Å². The number of aliphatic carboxylic acids is 1. The molecular weight excluding hydrogens is 296 g/mol. The Morgan fingerprint density at radius 3 is 2.74 bits per heavy atom. The average molecular weight is 310 g/mol. The Kier molecular flexibility index (Phi) is 3.80. The normalized spacial score (nSPS) is 12.2. The maximum atomic E-state index is 11.3. The molecule has 2 N–H and O–H groups in total. The lowest BCUT2D eigenvalue weighted by atomic mass is 9.88. The first-order chi connectivity index (χ1) is 11.1. The van der Waals surface area contributed by atoms with Crippen LogP contribution in [0.25, 0.3) is 10.9 Å². The quantitative estimate of drug-likeness (QED) is 0.555. The van der Waals surface area contributed by atoms with Gasteiger partial charge in [-0.1, -0.05) is 30.3 Å². The van der Waals surface area contributed by atoms with Gasteiger partial charge >= 0.3 is 5.97 Å². The molecule has 0 saturated heterocycles. The molecule has 3 rings (SSSR count). The van der Waals surface area contributed by atoms with Crippen molar-refractivity contribution in [2.45, 2.75) is 12.3 Å². The van der Waals surface area contributed by atoms with Crippen LogP contribution in [-0.2, 0) is 4.79 Å². The number of fused-ring (bicyclic) bond motifs is 1. The molecule has 0 amide bonds. The minimum atomic E-state index is -0.952. The van der Waals surface area contributed by atoms with Crippen molar-refractivity contribution < 1.29 is 14.8 Å². The molecule has 0 radical (unpaired) electrons. The molecule has 6 nitrogen and oxygen atoms in total. The molecule has 2 aromatic carbocycles. The highest BCUT2D eigenvalue weighted by Gasteiger charge is 2.22. The van der Waals surface area contributed by atoms with Gasteiger partial charge in [0, 0.05) is 35.2 Å². The van der Waals surface area contributed by atoms with Gasteiger partial charge < -0.3 is 10.1 Å². The fourth-order valence-corrected chi connectivity index (χ4v) is 2.82. The molecule has 23 heavy (non-hydrogen) atoms. The number of carbonyl (C=O) groups is 1. The predicted octanol–water partition coefficient (Wildman–Crippen LogP) is 3.68. The minimum absolute atomic E-state index is 0.0438. The van der Waals surface area contributed by atoms with Gasteiger partial charge in [0.25, 0.3) is 5.69 Å². The molecule has 0 fully saturated rings. The lowest BCUT2D eigenvalue weighted by molar-refractivity contribution is -0.384. The number of aromatic nitrogens is 1. The van der Waals surface area contributed by atoms with E-state index in [2.05, 4.69) is 4.98 Å². The zero-order valence-electron chi connectivity index (χ0n) is 12.1. The molecule has 0 aliphatic heterocycles. The summed E-state index contributed by atoms with van der Waals surface area (Å²) in [6.45, 7) is 0. The van der Waals surface area contributed by atoms with Crippen molar-refractivity contribution in [3.63, 3.8) is 0 Å². The van der Waals surface area contributed by atoms with Crippen molar-refractivity contribution in [1.29, 1.82) is 0 Å². The molecule has 0 aliphatic carbocycles. The van der Waals surface area contributed by atoms with E-state index in [0.717, 1.165) is 16.5 Å². The second-order valence-corrected chi connectivity index (χ2v) is 5.29. The van der Waals surface area contributed by atoms with Crippen molar-refractivity contribution in [3.8, 4) is 0 Å². The van der Waals surface area contributed by atoms with Crippen molar-refractivity contribution in [3.05, 3.63) is 76.0 Å². The third-order valence-electron chi connectivity index (χ3n) is 3.86. The predicted molar refractivity (Wildman–Crippen MR) is 85.5 cm³/mol. The lowest BCUT2D eigenvalue weighted by Gasteiger charge is -2.15. The van der Waals surface area contributed by atoms with E-state index in [1.807, 2.05) is 24.3 Å². The Hall–Kier alpha value is -3.15. The van der Waals surface area contributed by atoms with Crippen LogP contribution >= 0.6 is 0 Å². The van der Waals surface area contributed by atoms with Crippen LogP contribution in [0.1, 0.15) is 23.5 Å². The summed E-state index contributed by atoms with van der Waals surface area (Å²) in [7, 11) is 0. The molecule has 0 aliphatic rings. The van der Waals surface area contributed by atoms with Crippen molar-refractivity contribution in [2.75, 3.05) is 0 Å². The summed E-state index contributed by atoms with van der Waals surface area (Å²) in [5, 5.41) is 21.2. The number of hydrogen-bond acceptors (Lipinski definition) is 3. The maximum absolute atomic E-state index is 11.3. The van der Waals surface area contributed by atoms with Crippen LogP contribution in [0, 0.1) is 10.1 Å². The molecular formula is C17H14N2O4. The summed E-state index contributed by atoms with van der Waals surface area (Å²) >= 11 is 0. The highest BCUT2D eigenvalue weighted by Crippen LogP contribution is 2.34. The SMILES string of the molecule is O=C(O)C[C@H](c1cccc([N+](=O)[O-])c1)c1c[nH]c2ccccc12. The molecule has 0 unspecified atom stereocenters. The number of benzene rings is 2. The summed E-state index contributed by atoms with van der Waals surface area (Å²) < 4.78 is 0. The van der Waals surface area contributed by atoms with E-state index in [9.17, 15) is 20.0 Å². The Labute approximate surface area is 131 Å².